The summed E-state index contributed by atoms with van der Waals surface area (Å²) in [5.41, 5.74) is 8.94. The van der Waals surface area contributed by atoms with Gasteiger partial charge in [0, 0.05) is 10.2 Å². The Labute approximate surface area is 111 Å². The quantitative estimate of drug-likeness (QED) is 0.315. The van der Waals surface area contributed by atoms with Crippen LogP contribution in [0, 0.1) is 23.2 Å². The van der Waals surface area contributed by atoms with Gasteiger partial charge in [0.05, 0.1) is 5.54 Å². The van der Waals surface area contributed by atoms with E-state index in [2.05, 4.69) is 32.9 Å². The molecule has 1 atom stereocenters. The smallest absolute Gasteiger partial charge is 0.0613 e. The van der Waals surface area contributed by atoms with Gasteiger partial charge < -0.3 is 0 Å². The minimum Gasteiger partial charge on any atom is -0.0921 e. The van der Waals surface area contributed by atoms with Gasteiger partial charge in [-0.3, -0.25) is 0 Å². The van der Waals surface area contributed by atoms with Crippen molar-refractivity contribution < 1.29 is 0 Å². The molecule has 4 saturated carbocycles. The van der Waals surface area contributed by atoms with Crippen LogP contribution in [0.15, 0.2) is 5.11 Å². The fraction of sp³-hybridized carbons (Fsp3) is 1.00. The standard InChI is InChI=1S/C13H20BrN3/c1-12(8-14,16-17-15)13-5-9-2-10(6-13)4-11(3-9)7-13/h9-11H,2-8H2,1H3. The highest BCUT2D eigenvalue weighted by atomic mass is 79.9. The van der Waals surface area contributed by atoms with Crippen LogP contribution in [-0.4, -0.2) is 10.9 Å². The first kappa shape index (κ1) is 11.9. The predicted octanol–water partition coefficient (Wildman–Crippen LogP) is 4.67. The molecule has 4 heteroatoms. The van der Waals surface area contributed by atoms with Gasteiger partial charge in [0.15, 0.2) is 0 Å². The summed E-state index contributed by atoms with van der Waals surface area (Å²) in [4.78, 5) is 3.13. The summed E-state index contributed by atoms with van der Waals surface area (Å²) in [6.07, 6.45) is 8.19. The van der Waals surface area contributed by atoms with Crippen LogP contribution in [0.5, 0.6) is 0 Å². The van der Waals surface area contributed by atoms with E-state index >= 15 is 0 Å². The highest BCUT2D eigenvalue weighted by Crippen LogP contribution is 2.64. The van der Waals surface area contributed by atoms with Crippen LogP contribution < -0.4 is 0 Å². The van der Waals surface area contributed by atoms with Crippen LogP contribution in [0.1, 0.15) is 45.4 Å². The fourth-order valence-electron chi connectivity index (χ4n) is 5.14. The monoisotopic (exact) mass is 297 g/mol. The molecule has 4 aliphatic rings. The average molecular weight is 298 g/mol. The van der Waals surface area contributed by atoms with Crippen LogP contribution >= 0.6 is 15.9 Å². The number of rotatable bonds is 3. The van der Waals surface area contributed by atoms with Crippen molar-refractivity contribution in [3.8, 4) is 0 Å². The Kier molecular flexibility index (Phi) is 2.71. The molecule has 0 aliphatic heterocycles. The van der Waals surface area contributed by atoms with E-state index in [0.717, 1.165) is 23.1 Å². The molecule has 0 aromatic carbocycles. The van der Waals surface area contributed by atoms with Crippen molar-refractivity contribution in [3.05, 3.63) is 10.4 Å². The van der Waals surface area contributed by atoms with Gasteiger partial charge in [0.2, 0.25) is 0 Å². The maximum Gasteiger partial charge on any atom is 0.0613 e. The lowest BCUT2D eigenvalue weighted by atomic mass is 9.45. The van der Waals surface area contributed by atoms with Crippen molar-refractivity contribution in [1.82, 2.24) is 0 Å². The maximum atomic E-state index is 8.87. The predicted molar refractivity (Wildman–Crippen MR) is 72.0 cm³/mol. The van der Waals surface area contributed by atoms with E-state index in [9.17, 15) is 0 Å². The van der Waals surface area contributed by atoms with E-state index in [1.54, 1.807) is 0 Å². The average Bonchev–Trinajstić information content (AvgIpc) is 2.27. The molecule has 0 radical (unpaired) electrons. The summed E-state index contributed by atoms with van der Waals surface area (Å²) < 4.78 is 0. The SMILES string of the molecule is CC(CBr)(N=[N+]=[N-])C12CC3CC(CC(C3)C1)C2. The third-order valence-corrected chi connectivity index (χ3v) is 6.80. The Morgan fingerprint density at radius 3 is 2.06 bits per heavy atom. The highest BCUT2D eigenvalue weighted by Gasteiger charge is 2.58. The summed E-state index contributed by atoms with van der Waals surface area (Å²) in [6.45, 7) is 2.16. The normalized spacial score (nSPS) is 46.4. The van der Waals surface area contributed by atoms with E-state index in [-0.39, 0.29) is 11.0 Å². The fourth-order valence-corrected chi connectivity index (χ4v) is 5.85. The van der Waals surface area contributed by atoms with Crippen molar-refractivity contribution in [3.63, 3.8) is 0 Å². The van der Waals surface area contributed by atoms with E-state index in [0.29, 0.717) is 0 Å². The van der Waals surface area contributed by atoms with Gasteiger partial charge >= 0.3 is 0 Å². The van der Waals surface area contributed by atoms with E-state index < -0.39 is 0 Å². The molecular formula is C13H20BrN3. The Morgan fingerprint density at radius 1 is 1.24 bits per heavy atom. The van der Waals surface area contributed by atoms with Crippen molar-refractivity contribution in [1.29, 1.82) is 0 Å². The second-order valence-corrected chi connectivity index (χ2v) is 7.36. The van der Waals surface area contributed by atoms with Gasteiger partial charge in [-0.05, 0) is 67.2 Å². The molecule has 4 bridgehead atoms. The largest absolute Gasteiger partial charge is 0.0921 e. The molecule has 0 N–H and O–H groups in total. The van der Waals surface area contributed by atoms with Gasteiger partial charge in [-0.2, -0.15) is 0 Å². The summed E-state index contributed by atoms with van der Waals surface area (Å²) in [7, 11) is 0. The lowest BCUT2D eigenvalue weighted by Crippen LogP contribution is -2.56. The molecule has 0 heterocycles. The number of azide groups is 1. The van der Waals surface area contributed by atoms with Gasteiger partial charge in [0.25, 0.3) is 0 Å². The molecule has 1 unspecified atom stereocenters. The number of halogens is 1. The zero-order valence-corrected chi connectivity index (χ0v) is 12.0. The molecular weight excluding hydrogens is 278 g/mol. The Balaban J connectivity index is 1.98. The number of nitrogens with zero attached hydrogens (tertiary/aromatic N) is 3. The third-order valence-electron chi connectivity index (χ3n) is 5.71. The minimum absolute atomic E-state index is 0.224. The summed E-state index contributed by atoms with van der Waals surface area (Å²) in [6, 6.07) is 0. The van der Waals surface area contributed by atoms with Crippen LogP contribution in [0.4, 0.5) is 0 Å². The highest BCUT2D eigenvalue weighted by molar-refractivity contribution is 9.09. The van der Waals surface area contributed by atoms with E-state index in [1.165, 1.54) is 38.5 Å². The molecule has 0 aromatic heterocycles. The second kappa shape index (κ2) is 3.89. The van der Waals surface area contributed by atoms with Crippen molar-refractivity contribution in [2.45, 2.75) is 51.0 Å². The van der Waals surface area contributed by atoms with Gasteiger partial charge in [-0.1, -0.05) is 28.0 Å². The first-order chi connectivity index (χ1) is 8.11. The van der Waals surface area contributed by atoms with Crippen LogP contribution in [0.2, 0.25) is 0 Å². The molecule has 4 rings (SSSR count). The molecule has 4 aliphatic carbocycles. The number of alkyl halides is 1. The van der Waals surface area contributed by atoms with Crippen molar-refractivity contribution in [2.75, 3.05) is 5.33 Å². The summed E-state index contributed by atoms with van der Waals surface area (Å²) in [5.74, 6) is 2.73. The first-order valence-corrected chi connectivity index (χ1v) is 7.85. The summed E-state index contributed by atoms with van der Waals surface area (Å²) in [5, 5.41) is 5.00. The molecule has 4 fully saturated rings. The van der Waals surface area contributed by atoms with Gasteiger partial charge in [0.1, 0.15) is 0 Å². The molecule has 0 amide bonds. The zero-order chi connectivity index (χ0) is 12.1. The summed E-state index contributed by atoms with van der Waals surface area (Å²) >= 11 is 3.60. The third kappa shape index (κ3) is 1.64. The molecule has 3 nitrogen and oxygen atoms in total. The van der Waals surface area contributed by atoms with Crippen LogP contribution in [-0.2, 0) is 0 Å². The Bertz CT molecular complexity index is 340. The van der Waals surface area contributed by atoms with E-state index in [1.807, 2.05) is 0 Å². The van der Waals surface area contributed by atoms with Gasteiger partial charge in [-0.15, -0.1) is 0 Å². The number of hydrogen-bond acceptors (Lipinski definition) is 1. The van der Waals surface area contributed by atoms with Crippen molar-refractivity contribution in [2.24, 2.45) is 28.3 Å². The van der Waals surface area contributed by atoms with Crippen LogP contribution in [0.25, 0.3) is 10.4 Å². The Hall–Kier alpha value is -0.210. The zero-order valence-electron chi connectivity index (χ0n) is 10.4. The molecule has 0 spiro atoms. The lowest BCUT2D eigenvalue weighted by molar-refractivity contribution is -0.0866. The Morgan fingerprint density at radius 2 is 1.71 bits per heavy atom. The first-order valence-electron chi connectivity index (χ1n) is 6.73. The molecule has 17 heavy (non-hydrogen) atoms. The lowest BCUT2D eigenvalue weighted by Gasteiger charge is -2.61. The van der Waals surface area contributed by atoms with E-state index in [4.69, 9.17) is 5.53 Å². The maximum absolute atomic E-state index is 8.87. The van der Waals surface area contributed by atoms with Crippen molar-refractivity contribution >= 4 is 15.9 Å². The molecule has 94 valence electrons. The second-order valence-electron chi connectivity index (χ2n) is 6.79. The van der Waals surface area contributed by atoms with Crippen LogP contribution in [0.3, 0.4) is 0 Å². The number of hydrogen-bond donors (Lipinski definition) is 0. The molecule has 0 aromatic rings. The molecule has 0 saturated heterocycles. The van der Waals surface area contributed by atoms with Gasteiger partial charge in [-0.25, -0.2) is 0 Å². The topological polar surface area (TPSA) is 48.8 Å². The minimum atomic E-state index is -0.224.